The summed E-state index contributed by atoms with van der Waals surface area (Å²) in [7, 11) is 0. The Morgan fingerprint density at radius 3 is 3.00 bits per heavy atom. The number of aliphatic hydroxyl groups excluding tert-OH is 1. The smallest absolute Gasteiger partial charge is 0.186 e. The minimum absolute atomic E-state index is 0.00810. The molecule has 0 amide bonds. The Labute approximate surface area is 57.7 Å². The maximum Gasteiger partial charge on any atom is 0.186 e. The number of hydrogen-bond donors (Lipinski definition) is 1. The van der Waals surface area contributed by atoms with Crippen LogP contribution in [-0.4, -0.2) is 42.4 Å². The fourth-order valence-corrected chi connectivity index (χ4v) is 1.66. The van der Waals surface area contributed by atoms with E-state index in [4.69, 9.17) is 14.2 Å². The molecule has 0 aromatic heterocycles. The van der Waals surface area contributed by atoms with Crippen LogP contribution in [0.3, 0.4) is 0 Å². The molecule has 3 aliphatic rings. The van der Waals surface area contributed by atoms with Crippen molar-refractivity contribution < 1.29 is 19.3 Å². The third-order valence-electron chi connectivity index (χ3n) is 2.28. The minimum Gasteiger partial charge on any atom is -0.385 e. The Kier molecular flexibility index (Phi) is 0.840. The van der Waals surface area contributed by atoms with Gasteiger partial charge in [-0.15, -0.1) is 0 Å². The van der Waals surface area contributed by atoms with E-state index in [9.17, 15) is 5.11 Å². The predicted molar refractivity (Wildman–Crippen MR) is 29.3 cm³/mol. The number of hydrogen-bond acceptors (Lipinski definition) is 4. The molecule has 0 aliphatic carbocycles. The quantitative estimate of drug-likeness (QED) is 0.437. The van der Waals surface area contributed by atoms with Gasteiger partial charge in [-0.05, 0) is 0 Å². The van der Waals surface area contributed by atoms with Gasteiger partial charge in [-0.2, -0.15) is 0 Å². The zero-order chi connectivity index (χ0) is 6.72. The van der Waals surface area contributed by atoms with Crippen LogP contribution in [0.2, 0.25) is 0 Å². The van der Waals surface area contributed by atoms with Crippen LogP contribution in [0.25, 0.3) is 0 Å². The highest BCUT2D eigenvalue weighted by Crippen LogP contribution is 2.41. The summed E-state index contributed by atoms with van der Waals surface area (Å²) in [6.07, 6.45) is -0.809. The molecule has 3 aliphatic heterocycles. The third kappa shape index (κ3) is 0.509. The van der Waals surface area contributed by atoms with Crippen molar-refractivity contribution in [1.29, 1.82) is 0 Å². The Hall–Kier alpha value is -0.160. The van der Waals surface area contributed by atoms with Crippen molar-refractivity contribution in [2.75, 3.05) is 6.61 Å². The summed E-state index contributed by atoms with van der Waals surface area (Å²) in [4.78, 5) is 0. The van der Waals surface area contributed by atoms with Gasteiger partial charge in [0.15, 0.2) is 6.29 Å². The fraction of sp³-hybridized carbons (Fsp3) is 1.00. The third-order valence-corrected chi connectivity index (χ3v) is 2.28. The molecule has 4 heteroatoms. The van der Waals surface area contributed by atoms with E-state index in [1.165, 1.54) is 0 Å². The molecule has 1 N–H and O–H groups in total. The van der Waals surface area contributed by atoms with Crippen LogP contribution in [0.5, 0.6) is 0 Å². The first-order valence-electron chi connectivity index (χ1n) is 3.47. The summed E-state index contributed by atoms with van der Waals surface area (Å²) in [6, 6.07) is 0. The van der Waals surface area contributed by atoms with Gasteiger partial charge in [-0.3, -0.25) is 0 Å². The van der Waals surface area contributed by atoms with E-state index in [0.717, 1.165) is 0 Å². The van der Waals surface area contributed by atoms with E-state index in [1.807, 2.05) is 0 Å². The van der Waals surface area contributed by atoms with E-state index in [2.05, 4.69) is 0 Å². The molecule has 10 heavy (non-hydrogen) atoms. The molecular weight excluding hydrogens is 136 g/mol. The fourth-order valence-electron chi connectivity index (χ4n) is 1.66. The lowest BCUT2D eigenvalue weighted by Crippen LogP contribution is -2.39. The lowest BCUT2D eigenvalue weighted by atomic mass is 10.1. The van der Waals surface area contributed by atoms with Gasteiger partial charge in [-0.1, -0.05) is 0 Å². The van der Waals surface area contributed by atoms with Crippen LogP contribution in [-0.2, 0) is 14.2 Å². The van der Waals surface area contributed by atoms with Gasteiger partial charge in [0.05, 0.1) is 6.61 Å². The predicted octanol–water partition coefficient (Wildman–Crippen LogP) is -1.13. The monoisotopic (exact) mass is 144 g/mol. The van der Waals surface area contributed by atoms with Crippen LogP contribution in [0.4, 0.5) is 0 Å². The van der Waals surface area contributed by atoms with E-state index in [1.54, 1.807) is 0 Å². The first-order valence-corrected chi connectivity index (χ1v) is 3.47. The van der Waals surface area contributed by atoms with Crippen LogP contribution in [0, 0.1) is 0 Å². The van der Waals surface area contributed by atoms with E-state index in [0.29, 0.717) is 6.61 Å². The highest BCUT2D eigenvalue weighted by atomic mass is 16.8. The largest absolute Gasteiger partial charge is 0.385 e. The molecule has 3 heterocycles. The van der Waals surface area contributed by atoms with Crippen molar-refractivity contribution in [1.82, 2.24) is 0 Å². The summed E-state index contributed by atoms with van der Waals surface area (Å²) < 4.78 is 15.6. The van der Waals surface area contributed by atoms with Crippen LogP contribution < -0.4 is 0 Å². The van der Waals surface area contributed by atoms with Gasteiger partial charge in [0.2, 0.25) is 0 Å². The zero-order valence-corrected chi connectivity index (χ0v) is 5.27. The van der Waals surface area contributed by atoms with Gasteiger partial charge in [0.25, 0.3) is 0 Å². The van der Waals surface area contributed by atoms with Crippen molar-refractivity contribution in [3.8, 4) is 0 Å². The van der Waals surface area contributed by atoms with Gasteiger partial charge in [0.1, 0.15) is 24.4 Å². The number of ether oxygens (including phenoxy) is 3. The SMILES string of the molecule is O[C@H]1[C@@H]2OC[C@@H](O2)[C@H]2O[C@H]12. The average molecular weight is 144 g/mol. The van der Waals surface area contributed by atoms with Crippen LogP contribution in [0.1, 0.15) is 0 Å². The number of fused-ring (bicyclic) bond motifs is 4. The highest BCUT2D eigenvalue weighted by Gasteiger charge is 2.60. The summed E-state index contributed by atoms with van der Waals surface area (Å²) in [5.74, 6) is 0. The molecule has 0 aromatic rings. The second kappa shape index (κ2) is 1.53. The maximum absolute atomic E-state index is 9.33. The molecule has 3 fully saturated rings. The van der Waals surface area contributed by atoms with Gasteiger partial charge in [-0.25, -0.2) is 0 Å². The summed E-state index contributed by atoms with van der Waals surface area (Å²) in [5.41, 5.74) is 0. The van der Waals surface area contributed by atoms with Crippen molar-refractivity contribution in [3.05, 3.63) is 0 Å². The average Bonchev–Trinajstić information content (AvgIpc) is 2.61. The van der Waals surface area contributed by atoms with Crippen LogP contribution >= 0.6 is 0 Å². The van der Waals surface area contributed by atoms with E-state index < -0.39 is 12.4 Å². The van der Waals surface area contributed by atoms with Crippen molar-refractivity contribution in [2.24, 2.45) is 0 Å². The molecule has 5 atom stereocenters. The van der Waals surface area contributed by atoms with Crippen molar-refractivity contribution in [3.63, 3.8) is 0 Å². The molecule has 4 nitrogen and oxygen atoms in total. The summed E-state index contributed by atoms with van der Waals surface area (Å²) in [5, 5.41) is 9.33. The molecule has 0 aromatic carbocycles. The number of aliphatic hydroxyl groups is 1. The van der Waals surface area contributed by atoms with Crippen molar-refractivity contribution >= 4 is 0 Å². The zero-order valence-electron chi connectivity index (χ0n) is 5.27. The van der Waals surface area contributed by atoms with Crippen molar-refractivity contribution in [2.45, 2.75) is 30.7 Å². The Morgan fingerprint density at radius 1 is 1.20 bits per heavy atom. The normalized spacial score (nSPS) is 63.9. The molecule has 2 bridgehead atoms. The van der Waals surface area contributed by atoms with Gasteiger partial charge in [0, 0.05) is 0 Å². The molecule has 3 rings (SSSR count). The molecule has 0 radical (unpaired) electrons. The summed E-state index contributed by atoms with van der Waals surface area (Å²) in [6.45, 7) is 0.572. The second-order valence-corrected chi connectivity index (χ2v) is 2.93. The lowest BCUT2D eigenvalue weighted by Gasteiger charge is -2.18. The first kappa shape index (κ1) is 5.49. The topological polar surface area (TPSA) is 51.2 Å². The second-order valence-electron chi connectivity index (χ2n) is 2.93. The standard InChI is InChI=1S/C6H8O4/c7-3-5-4(10-5)2-1-8-6(3)9-2/h2-7H,1H2/t2-,3-,4-,5-,6-/m1/s1. The molecule has 0 saturated carbocycles. The molecule has 3 saturated heterocycles. The minimum atomic E-state index is -0.566. The molecule has 0 unspecified atom stereocenters. The highest BCUT2D eigenvalue weighted by molar-refractivity contribution is 5.03. The van der Waals surface area contributed by atoms with Gasteiger partial charge < -0.3 is 19.3 Å². The Balaban J connectivity index is 1.91. The van der Waals surface area contributed by atoms with Crippen LogP contribution in [0.15, 0.2) is 0 Å². The Morgan fingerprint density at radius 2 is 2.10 bits per heavy atom. The molecule has 56 valence electrons. The number of rotatable bonds is 0. The first-order chi connectivity index (χ1) is 4.86. The summed E-state index contributed by atoms with van der Waals surface area (Å²) >= 11 is 0. The lowest BCUT2D eigenvalue weighted by molar-refractivity contribution is -0.143. The number of epoxide rings is 1. The maximum atomic E-state index is 9.33. The van der Waals surface area contributed by atoms with E-state index in [-0.39, 0.29) is 18.3 Å². The van der Waals surface area contributed by atoms with E-state index >= 15 is 0 Å². The Bertz CT molecular complexity index is 169. The van der Waals surface area contributed by atoms with Gasteiger partial charge >= 0.3 is 0 Å². The molecular formula is C6H8O4. The molecule has 0 spiro atoms.